The highest BCUT2D eigenvalue weighted by molar-refractivity contribution is 5.92. The van der Waals surface area contributed by atoms with Crippen LogP contribution >= 0.6 is 0 Å². The van der Waals surface area contributed by atoms with Crippen molar-refractivity contribution in [1.29, 1.82) is 0 Å². The quantitative estimate of drug-likeness (QED) is 0.809. The fourth-order valence-corrected chi connectivity index (χ4v) is 3.60. The van der Waals surface area contributed by atoms with Gasteiger partial charge in [-0.3, -0.25) is 14.4 Å². The first-order valence-electron chi connectivity index (χ1n) is 9.07. The van der Waals surface area contributed by atoms with Gasteiger partial charge in [0.2, 0.25) is 0 Å². The smallest absolute Gasteiger partial charge is 0.274 e. The number of benzene rings is 1. The van der Waals surface area contributed by atoms with Gasteiger partial charge in [0.1, 0.15) is 0 Å². The van der Waals surface area contributed by atoms with Crippen LogP contribution in [0.2, 0.25) is 0 Å². The molecule has 0 saturated carbocycles. The third kappa shape index (κ3) is 3.66. The lowest BCUT2D eigenvalue weighted by Gasteiger charge is -2.22. The summed E-state index contributed by atoms with van der Waals surface area (Å²) in [4.78, 5) is 17.0. The first kappa shape index (κ1) is 16.1. The standard InChI is InChI=1S/C20H24N4O/c25-20(23-11-5-2-6-12-23)19-14-18-16-22(10-7-13-24(18)21-19)15-17-8-3-1-4-9-17/h1-5,8-9,14H,6-7,10-13,15-16H2. The summed E-state index contributed by atoms with van der Waals surface area (Å²) in [6.07, 6.45) is 6.18. The van der Waals surface area contributed by atoms with Crippen molar-refractivity contribution in [3.8, 4) is 0 Å². The molecule has 1 amide bonds. The summed E-state index contributed by atoms with van der Waals surface area (Å²) in [7, 11) is 0. The van der Waals surface area contributed by atoms with Gasteiger partial charge in [0.15, 0.2) is 5.69 Å². The molecule has 0 atom stereocenters. The van der Waals surface area contributed by atoms with Crippen molar-refractivity contribution in [3.63, 3.8) is 0 Å². The molecule has 0 bridgehead atoms. The van der Waals surface area contributed by atoms with Crippen LogP contribution in [-0.2, 0) is 19.6 Å². The van der Waals surface area contributed by atoms with Crippen molar-refractivity contribution in [1.82, 2.24) is 19.6 Å². The number of rotatable bonds is 3. The SMILES string of the molecule is O=C(c1cc2n(n1)CCCN(Cc1ccccc1)C2)N1CC=CCC1. The molecule has 2 aliphatic rings. The van der Waals surface area contributed by atoms with Crippen LogP contribution in [0.15, 0.2) is 48.6 Å². The molecule has 0 radical (unpaired) electrons. The van der Waals surface area contributed by atoms with Crippen molar-refractivity contribution in [2.75, 3.05) is 19.6 Å². The molecular weight excluding hydrogens is 312 g/mol. The number of carbonyl (C=O) groups is 1. The maximum Gasteiger partial charge on any atom is 0.274 e. The lowest BCUT2D eigenvalue weighted by molar-refractivity contribution is 0.0764. The van der Waals surface area contributed by atoms with Crippen molar-refractivity contribution in [2.24, 2.45) is 0 Å². The minimum atomic E-state index is 0.0551. The normalized spacial score (nSPS) is 18.0. The lowest BCUT2D eigenvalue weighted by Crippen LogP contribution is -2.34. The minimum absolute atomic E-state index is 0.0551. The van der Waals surface area contributed by atoms with Gasteiger partial charge in [0.05, 0.1) is 5.69 Å². The Morgan fingerprint density at radius 1 is 1.08 bits per heavy atom. The molecule has 2 aromatic rings. The molecule has 1 aromatic heterocycles. The molecule has 0 unspecified atom stereocenters. The van der Waals surface area contributed by atoms with Gasteiger partial charge in [-0.1, -0.05) is 42.5 Å². The van der Waals surface area contributed by atoms with Gasteiger partial charge in [0.25, 0.3) is 5.91 Å². The monoisotopic (exact) mass is 336 g/mol. The summed E-state index contributed by atoms with van der Waals surface area (Å²) in [5.74, 6) is 0.0551. The molecule has 2 aliphatic heterocycles. The fourth-order valence-electron chi connectivity index (χ4n) is 3.60. The molecule has 4 rings (SSSR count). The van der Waals surface area contributed by atoms with Crippen LogP contribution in [0.3, 0.4) is 0 Å². The second-order valence-corrected chi connectivity index (χ2v) is 6.81. The van der Waals surface area contributed by atoms with Gasteiger partial charge in [0, 0.05) is 39.3 Å². The van der Waals surface area contributed by atoms with Crippen LogP contribution in [0.25, 0.3) is 0 Å². The number of aromatic nitrogens is 2. The Labute approximate surface area is 148 Å². The molecule has 5 nitrogen and oxygen atoms in total. The zero-order valence-corrected chi connectivity index (χ0v) is 14.5. The van der Waals surface area contributed by atoms with Crippen LogP contribution in [0.1, 0.15) is 34.6 Å². The Morgan fingerprint density at radius 2 is 1.96 bits per heavy atom. The van der Waals surface area contributed by atoms with Gasteiger partial charge in [-0.2, -0.15) is 5.10 Å². The summed E-state index contributed by atoms with van der Waals surface area (Å²) in [6, 6.07) is 12.5. The molecule has 5 heteroatoms. The number of fused-ring (bicyclic) bond motifs is 1. The van der Waals surface area contributed by atoms with Crippen molar-refractivity contribution in [2.45, 2.75) is 32.5 Å². The van der Waals surface area contributed by atoms with Crippen LogP contribution in [0, 0.1) is 0 Å². The number of hydrogen-bond acceptors (Lipinski definition) is 3. The van der Waals surface area contributed by atoms with Gasteiger partial charge >= 0.3 is 0 Å². The van der Waals surface area contributed by atoms with E-state index in [4.69, 9.17) is 0 Å². The van der Waals surface area contributed by atoms with Crippen molar-refractivity contribution < 1.29 is 4.79 Å². The first-order chi connectivity index (χ1) is 12.3. The Morgan fingerprint density at radius 3 is 2.76 bits per heavy atom. The van der Waals surface area contributed by atoms with Gasteiger partial charge in [-0.15, -0.1) is 0 Å². The van der Waals surface area contributed by atoms with Crippen LogP contribution in [0.4, 0.5) is 0 Å². The van der Waals surface area contributed by atoms with Crippen LogP contribution < -0.4 is 0 Å². The van der Waals surface area contributed by atoms with Crippen molar-refractivity contribution in [3.05, 3.63) is 65.5 Å². The molecule has 0 spiro atoms. The molecule has 0 saturated heterocycles. The summed E-state index contributed by atoms with van der Waals surface area (Å²) in [5.41, 5.74) is 3.06. The highest BCUT2D eigenvalue weighted by atomic mass is 16.2. The van der Waals surface area contributed by atoms with E-state index in [-0.39, 0.29) is 5.91 Å². The van der Waals surface area contributed by atoms with Crippen LogP contribution in [0.5, 0.6) is 0 Å². The highest BCUT2D eigenvalue weighted by Crippen LogP contribution is 2.18. The van der Waals surface area contributed by atoms with E-state index < -0.39 is 0 Å². The maximum atomic E-state index is 12.7. The number of nitrogens with zero attached hydrogens (tertiary/aromatic N) is 4. The molecule has 3 heterocycles. The van der Waals surface area contributed by atoms with E-state index in [1.807, 2.05) is 15.6 Å². The predicted molar refractivity (Wildman–Crippen MR) is 97.1 cm³/mol. The van der Waals surface area contributed by atoms with Crippen molar-refractivity contribution >= 4 is 5.91 Å². The number of carbonyl (C=O) groups excluding carboxylic acids is 1. The van der Waals surface area contributed by atoms with E-state index in [1.165, 1.54) is 5.56 Å². The van der Waals surface area contributed by atoms with Gasteiger partial charge < -0.3 is 4.90 Å². The zero-order valence-electron chi connectivity index (χ0n) is 14.5. The Kier molecular flexibility index (Phi) is 4.65. The van der Waals surface area contributed by atoms with Gasteiger partial charge in [-0.25, -0.2) is 0 Å². The number of amides is 1. The minimum Gasteiger partial charge on any atom is -0.333 e. The van der Waals surface area contributed by atoms with E-state index in [2.05, 4.69) is 52.5 Å². The highest BCUT2D eigenvalue weighted by Gasteiger charge is 2.23. The van der Waals surface area contributed by atoms with E-state index in [0.29, 0.717) is 12.2 Å². The van der Waals surface area contributed by atoms with Crippen LogP contribution in [-0.4, -0.2) is 45.1 Å². The van der Waals surface area contributed by atoms with E-state index in [0.717, 1.165) is 51.3 Å². The Hall–Kier alpha value is -2.40. The molecular formula is C20H24N4O. The Balaban J connectivity index is 1.48. The second-order valence-electron chi connectivity index (χ2n) is 6.81. The third-order valence-corrected chi connectivity index (χ3v) is 4.91. The molecule has 0 fully saturated rings. The topological polar surface area (TPSA) is 41.4 Å². The van der Waals surface area contributed by atoms with E-state index in [1.54, 1.807) is 0 Å². The van der Waals surface area contributed by atoms with E-state index in [9.17, 15) is 4.79 Å². The summed E-state index contributed by atoms with van der Waals surface area (Å²) >= 11 is 0. The third-order valence-electron chi connectivity index (χ3n) is 4.91. The second kappa shape index (κ2) is 7.23. The summed E-state index contributed by atoms with van der Waals surface area (Å²) in [6.45, 7) is 5.20. The molecule has 130 valence electrons. The summed E-state index contributed by atoms with van der Waals surface area (Å²) < 4.78 is 2.03. The number of hydrogen-bond donors (Lipinski definition) is 0. The molecule has 0 aliphatic carbocycles. The molecule has 0 N–H and O–H groups in total. The average Bonchev–Trinajstić information content (AvgIpc) is 2.96. The zero-order chi connectivity index (χ0) is 17.1. The maximum absolute atomic E-state index is 12.7. The fraction of sp³-hybridized carbons (Fsp3) is 0.400. The largest absolute Gasteiger partial charge is 0.333 e. The molecule has 25 heavy (non-hydrogen) atoms. The average molecular weight is 336 g/mol. The first-order valence-corrected chi connectivity index (χ1v) is 9.07. The predicted octanol–water partition coefficient (Wildman–Crippen LogP) is 2.69. The Bertz CT molecular complexity index is 765. The lowest BCUT2D eigenvalue weighted by atomic mass is 10.2. The van der Waals surface area contributed by atoms with Gasteiger partial charge in [-0.05, 0) is 24.5 Å². The molecule has 1 aromatic carbocycles. The van der Waals surface area contributed by atoms with E-state index >= 15 is 0 Å². The number of aryl methyl sites for hydroxylation is 1. The summed E-state index contributed by atoms with van der Waals surface area (Å²) in [5, 5.41) is 4.60.